The number of ether oxygens (including phenoxy) is 1. The Kier molecular flexibility index (Phi) is 6.92. The van der Waals surface area contributed by atoms with E-state index in [1.807, 2.05) is 24.3 Å². The molecule has 7 heteroatoms. The van der Waals surface area contributed by atoms with Crippen LogP contribution in [0.15, 0.2) is 79.6 Å². The van der Waals surface area contributed by atoms with E-state index in [1.165, 1.54) is 6.08 Å². The molecule has 0 aliphatic carbocycles. The zero-order valence-electron chi connectivity index (χ0n) is 16.3. The van der Waals surface area contributed by atoms with E-state index in [4.69, 9.17) is 16.3 Å². The number of pyridine rings is 1. The van der Waals surface area contributed by atoms with Gasteiger partial charge >= 0.3 is 0 Å². The maximum Gasteiger partial charge on any atom is 0.243 e. The van der Waals surface area contributed by atoms with Gasteiger partial charge in [-0.05, 0) is 53.1 Å². The molecular weight excluding hydrogens is 420 g/mol. The van der Waals surface area contributed by atoms with Crippen molar-refractivity contribution < 1.29 is 13.2 Å². The summed E-state index contributed by atoms with van der Waals surface area (Å²) in [4.78, 5) is 3.99. The molecule has 3 aromatic rings. The first-order chi connectivity index (χ1) is 14.4. The van der Waals surface area contributed by atoms with Crippen LogP contribution in [0, 0.1) is 0 Å². The number of hydrogen-bond donors (Lipinski definition) is 1. The highest BCUT2D eigenvalue weighted by Crippen LogP contribution is 2.30. The molecule has 0 saturated heterocycles. The van der Waals surface area contributed by atoms with Gasteiger partial charge in [0.1, 0.15) is 11.0 Å². The van der Waals surface area contributed by atoms with Gasteiger partial charge in [0.25, 0.3) is 0 Å². The number of hydrogen-bond acceptors (Lipinski definition) is 4. The summed E-state index contributed by atoms with van der Waals surface area (Å²) >= 11 is 6.13. The second-order valence-electron chi connectivity index (χ2n) is 6.42. The Morgan fingerprint density at radius 1 is 1.07 bits per heavy atom. The first-order valence-corrected chi connectivity index (χ1v) is 11.0. The highest BCUT2D eigenvalue weighted by molar-refractivity contribution is 7.93. The van der Waals surface area contributed by atoms with Crippen molar-refractivity contribution in [3.05, 3.63) is 101 Å². The van der Waals surface area contributed by atoms with Crippen molar-refractivity contribution in [1.29, 1.82) is 0 Å². The minimum absolute atomic E-state index is 0.383. The Morgan fingerprint density at radius 2 is 1.77 bits per heavy atom. The van der Waals surface area contributed by atoms with E-state index in [0.29, 0.717) is 27.6 Å². The molecule has 0 amide bonds. The van der Waals surface area contributed by atoms with Gasteiger partial charge < -0.3 is 4.74 Å². The third kappa shape index (κ3) is 5.28. The summed E-state index contributed by atoms with van der Waals surface area (Å²) in [5.74, 6) is 0.644. The largest absolute Gasteiger partial charge is 0.497 e. The van der Waals surface area contributed by atoms with Crippen LogP contribution in [0.4, 0.5) is 5.69 Å². The van der Waals surface area contributed by atoms with Gasteiger partial charge in [0.05, 0.1) is 12.8 Å². The number of nitrogens with one attached hydrogen (secondary N) is 1. The fourth-order valence-corrected chi connectivity index (χ4v) is 4.43. The summed E-state index contributed by atoms with van der Waals surface area (Å²) in [6.45, 7) is 3.71. The lowest BCUT2D eigenvalue weighted by Crippen LogP contribution is -2.20. The minimum Gasteiger partial charge on any atom is -0.497 e. The molecule has 2 aromatic carbocycles. The minimum atomic E-state index is -3.83. The third-order valence-corrected chi connectivity index (χ3v) is 6.29. The van der Waals surface area contributed by atoms with Crippen LogP contribution in [-0.4, -0.2) is 20.5 Å². The van der Waals surface area contributed by atoms with Crippen LogP contribution in [0.3, 0.4) is 0 Å². The molecule has 0 bridgehead atoms. The molecule has 1 heterocycles. The number of halogens is 1. The molecule has 5 nitrogen and oxygen atoms in total. The number of benzene rings is 2. The van der Waals surface area contributed by atoms with E-state index in [9.17, 15) is 8.42 Å². The zero-order chi connectivity index (χ0) is 21.6. The second kappa shape index (κ2) is 9.61. The lowest BCUT2D eigenvalue weighted by Gasteiger charge is -2.18. The smallest absolute Gasteiger partial charge is 0.243 e. The second-order valence-corrected chi connectivity index (χ2v) is 8.66. The van der Waals surface area contributed by atoms with Crippen LogP contribution in [0.1, 0.15) is 21.9 Å². The first kappa shape index (κ1) is 21.6. The third-order valence-electron chi connectivity index (χ3n) is 4.42. The van der Waals surface area contributed by atoms with E-state index in [2.05, 4.69) is 16.3 Å². The van der Waals surface area contributed by atoms with Crippen molar-refractivity contribution in [3.8, 4) is 5.75 Å². The van der Waals surface area contributed by atoms with Crippen molar-refractivity contribution in [2.24, 2.45) is 0 Å². The fraction of sp³-hybridized carbons (Fsp3) is 0.0870. The average molecular weight is 441 g/mol. The molecule has 154 valence electrons. The normalized spacial score (nSPS) is 12.5. The summed E-state index contributed by atoms with van der Waals surface area (Å²) in [5, 5.41) is -0.521. The van der Waals surface area contributed by atoms with Gasteiger partial charge in [0, 0.05) is 17.4 Å². The Labute approximate surface area is 181 Å². The zero-order valence-corrected chi connectivity index (χ0v) is 17.9. The Bertz CT molecular complexity index is 1140. The van der Waals surface area contributed by atoms with Crippen LogP contribution in [0.5, 0.6) is 5.75 Å². The van der Waals surface area contributed by atoms with Gasteiger partial charge in [-0.1, -0.05) is 48.0 Å². The molecule has 1 N–H and O–H groups in total. The summed E-state index contributed by atoms with van der Waals surface area (Å²) < 4.78 is 34.1. The summed E-state index contributed by atoms with van der Waals surface area (Å²) in [6.07, 6.45) is 8.46. The van der Waals surface area contributed by atoms with E-state index < -0.39 is 15.3 Å². The standard InChI is InChI=1S/C23H21ClN2O3S/c1-3-23(19-7-10-21(29-2)11-8-19)30(27,28)26-22-16-20(24)9-6-18(22)5-4-17-12-14-25-15-13-17/h3-16,23,26H,1H2,2H3. The average Bonchev–Trinajstić information content (AvgIpc) is 2.74. The Balaban J connectivity index is 1.92. The molecule has 1 atom stereocenters. The van der Waals surface area contributed by atoms with Crippen molar-refractivity contribution in [3.63, 3.8) is 0 Å². The highest BCUT2D eigenvalue weighted by Gasteiger charge is 2.25. The maximum absolute atomic E-state index is 13.1. The van der Waals surface area contributed by atoms with E-state index in [1.54, 1.807) is 62.0 Å². The van der Waals surface area contributed by atoms with Crippen molar-refractivity contribution in [2.75, 3.05) is 11.8 Å². The predicted octanol–water partition coefficient (Wildman–Crippen LogP) is 5.58. The van der Waals surface area contributed by atoms with Crippen LogP contribution in [0.2, 0.25) is 5.02 Å². The van der Waals surface area contributed by atoms with Crippen LogP contribution < -0.4 is 9.46 Å². The van der Waals surface area contributed by atoms with Gasteiger partial charge in [-0.3, -0.25) is 9.71 Å². The van der Waals surface area contributed by atoms with Gasteiger partial charge in [0.15, 0.2) is 0 Å². The molecule has 0 aliphatic heterocycles. The van der Waals surface area contributed by atoms with Gasteiger partial charge in [-0.15, -0.1) is 6.58 Å². The molecule has 0 fully saturated rings. The van der Waals surface area contributed by atoms with Gasteiger partial charge in [-0.2, -0.15) is 0 Å². The molecule has 0 spiro atoms. The van der Waals surface area contributed by atoms with Crippen molar-refractivity contribution in [1.82, 2.24) is 4.98 Å². The van der Waals surface area contributed by atoms with E-state index in [-0.39, 0.29) is 0 Å². The van der Waals surface area contributed by atoms with Crippen molar-refractivity contribution in [2.45, 2.75) is 5.25 Å². The molecule has 0 aliphatic rings. The SMILES string of the molecule is C=CC(c1ccc(OC)cc1)S(=O)(=O)Nc1cc(Cl)ccc1C=Cc1ccncc1. The maximum atomic E-state index is 13.1. The fourth-order valence-electron chi connectivity index (χ4n) is 2.88. The monoisotopic (exact) mass is 440 g/mol. The lowest BCUT2D eigenvalue weighted by atomic mass is 10.1. The first-order valence-electron chi connectivity index (χ1n) is 9.09. The summed E-state index contributed by atoms with van der Waals surface area (Å²) in [6, 6.07) is 15.6. The molecular formula is C23H21ClN2O3S. The van der Waals surface area contributed by atoms with Crippen LogP contribution in [0.25, 0.3) is 12.2 Å². The van der Waals surface area contributed by atoms with E-state index in [0.717, 1.165) is 5.56 Å². The Hall–Kier alpha value is -3.09. The van der Waals surface area contributed by atoms with Crippen LogP contribution >= 0.6 is 11.6 Å². The Morgan fingerprint density at radius 3 is 2.40 bits per heavy atom. The molecule has 30 heavy (non-hydrogen) atoms. The number of sulfonamides is 1. The van der Waals surface area contributed by atoms with Gasteiger partial charge in [0.2, 0.25) is 10.0 Å². The molecule has 1 unspecified atom stereocenters. The lowest BCUT2D eigenvalue weighted by molar-refractivity contribution is 0.414. The number of anilines is 1. The molecule has 3 rings (SSSR count). The van der Waals surface area contributed by atoms with Crippen LogP contribution in [-0.2, 0) is 10.0 Å². The number of aromatic nitrogens is 1. The number of methoxy groups -OCH3 is 1. The summed E-state index contributed by atoms with van der Waals surface area (Å²) in [5.41, 5.74) is 2.58. The topological polar surface area (TPSA) is 68.3 Å². The molecule has 0 saturated carbocycles. The molecule has 1 aromatic heterocycles. The summed E-state index contributed by atoms with van der Waals surface area (Å²) in [7, 11) is -2.28. The quantitative estimate of drug-likeness (QED) is 0.464. The molecule has 0 radical (unpaired) electrons. The van der Waals surface area contributed by atoms with E-state index >= 15 is 0 Å². The van der Waals surface area contributed by atoms with Gasteiger partial charge in [-0.25, -0.2) is 8.42 Å². The highest BCUT2D eigenvalue weighted by atomic mass is 35.5. The number of nitrogens with zero attached hydrogens (tertiary/aromatic N) is 1. The number of rotatable bonds is 8. The predicted molar refractivity (Wildman–Crippen MR) is 123 cm³/mol. The van der Waals surface area contributed by atoms with Crippen molar-refractivity contribution >= 4 is 39.5 Å².